The number of halogens is 1. The van der Waals surface area contributed by atoms with Gasteiger partial charge in [-0.3, -0.25) is 4.79 Å². The van der Waals surface area contributed by atoms with Crippen LogP contribution in [-0.2, 0) is 11.8 Å². The number of nitrogens with zero attached hydrogens (tertiary/aromatic N) is 3. The largest absolute Gasteiger partial charge is 0.325 e. The topological polar surface area (TPSA) is 59.8 Å². The Morgan fingerprint density at radius 1 is 1.12 bits per heavy atom. The Kier molecular flexibility index (Phi) is 5.74. The summed E-state index contributed by atoms with van der Waals surface area (Å²) in [5.74, 6) is 1.01. The van der Waals surface area contributed by atoms with E-state index in [1.165, 1.54) is 17.3 Å². The summed E-state index contributed by atoms with van der Waals surface area (Å²) in [6.45, 7) is 2.05. The summed E-state index contributed by atoms with van der Waals surface area (Å²) in [6, 6.07) is 15.8. The van der Waals surface area contributed by atoms with Crippen molar-refractivity contribution in [2.75, 3.05) is 11.1 Å². The molecule has 3 aromatic rings. The molecule has 0 saturated heterocycles. The number of carbonyl (C=O) groups is 1. The van der Waals surface area contributed by atoms with Crippen LogP contribution in [0.1, 0.15) is 5.56 Å². The smallest absolute Gasteiger partial charge is 0.234 e. The second-order valence-electron chi connectivity index (χ2n) is 5.57. The molecule has 0 bridgehead atoms. The lowest BCUT2D eigenvalue weighted by molar-refractivity contribution is -0.113. The van der Waals surface area contributed by atoms with E-state index in [1.54, 1.807) is 0 Å². The summed E-state index contributed by atoms with van der Waals surface area (Å²) in [4.78, 5) is 12.1. The van der Waals surface area contributed by atoms with E-state index in [4.69, 9.17) is 0 Å². The second-order valence-corrected chi connectivity index (χ2v) is 7.76. The zero-order valence-corrected chi connectivity index (χ0v) is 16.8. The van der Waals surface area contributed by atoms with Crippen molar-refractivity contribution in [1.82, 2.24) is 14.8 Å². The molecule has 1 heterocycles. The molecule has 0 atom stereocenters. The molecule has 0 aliphatic carbocycles. The van der Waals surface area contributed by atoms with E-state index >= 15 is 0 Å². The quantitative estimate of drug-likeness (QED) is 0.456. The third-order valence-corrected chi connectivity index (χ3v) is 5.34. The van der Waals surface area contributed by atoms with Crippen LogP contribution in [0.5, 0.6) is 0 Å². The second kappa shape index (κ2) is 8.01. The molecule has 0 unspecified atom stereocenters. The first-order valence-corrected chi connectivity index (χ1v) is 9.74. The van der Waals surface area contributed by atoms with Crippen LogP contribution in [0.4, 0.5) is 5.69 Å². The molecule has 25 heavy (non-hydrogen) atoms. The molecule has 7 heteroatoms. The molecule has 128 valence electrons. The molecule has 0 saturated carbocycles. The van der Waals surface area contributed by atoms with Crippen molar-refractivity contribution in [2.45, 2.75) is 12.1 Å². The normalized spacial score (nSPS) is 10.7. The molecule has 0 aliphatic rings. The highest BCUT2D eigenvalue weighted by Crippen LogP contribution is 2.23. The highest BCUT2D eigenvalue weighted by Gasteiger charge is 2.13. The lowest BCUT2D eigenvalue weighted by atomic mass is 10.1. The van der Waals surface area contributed by atoms with Crippen molar-refractivity contribution in [1.29, 1.82) is 0 Å². The van der Waals surface area contributed by atoms with Gasteiger partial charge < -0.3 is 9.88 Å². The first kappa shape index (κ1) is 17.9. The van der Waals surface area contributed by atoms with Crippen LogP contribution in [0.15, 0.2) is 53.7 Å². The van der Waals surface area contributed by atoms with Crippen LogP contribution in [0.25, 0.3) is 11.4 Å². The zero-order chi connectivity index (χ0) is 17.8. The van der Waals surface area contributed by atoms with E-state index in [1.807, 2.05) is 67.1 Å². The Hall–Kier alpha value is -1.87. The van der Waals surface area contributed by atoms with Gasteiger partial charge in [-0.2, -0.15) is 0 Å². The monoisotopic (exact) mass is 464 g/mol. The number of rotatable bonds is 5. The first-order valence-electron chi connectivity index (χ1n) is 7.67. The molecule has 5 nitrogen and oxygen atoms in total. The predicted molar refractivity (Wildman–Crippen MR) is 110 cm³/mol. The Bertz CT molecular complexity index is 875. The van der Waals surface area contributed by atoms with Gasteiger partial charge in [0.1, 0.15) is 0 Å². The highest BCUT2D eigenvalue weighted by molar-refractivity contribution is 14.1. The lowest BCUT2D eigenvalue weighted by Gasteiger charge is -2.06. The number of nitrogens with one attached hydrogen (secondary N) is 1. The number of hydrogen-bond acceptors (Lipinski definition) is 4. The van der Waals surface area contributed by atoms with Crippen molar-refractivity contribution in [2.24, 2.45) is 7.05 Å². The SMILES string of the molecule is Cc1ccc(-c2nnc(SCC(=O)Nc3ccc(I)cc3)n2C)cc1. The van der Waals surface area contributed by atoms with Gasteiger partial charge in [0.25, 0.3) is 0 Å². The van der Waals surface area contributed by atoms with E-state index in [0.29, 0.717) is 5.16 Å². The molecule has 0 spiro atoms. The Balaban J connectivity index is 1.62. The number of aryl methyl sites for hydroxylation is 1. The molecular weight excluding hydrogens is 447 g/mol. The van der Waals surface area contributed by atoms with E-state index in [0.717, 1.165) is 20.6 Å². The fourth-order valence-electron chi connectivity index (χ4n) is 2.25. The standard InChI is InChI=1S/C18H17IN4OS/c1-12-3-5-13(6-4-12)17-21-22-18(23(17)2)25-11-16(24)20-15-9-7-14(19)8-10-15/h3-10H,11H2,1-2H3,(H,20,24). The first-order chi connectivity index (χ1) is 12.0. The van der Waals surface area contributed by atoms with Crippen molar-refractivity contribution in [3.05, 3.63) is 57.7 Å². The van der Waals surface area contributed by atoms with Crippen molar-refractivity contribution in [3.8, 4) is 11.4 Å². The Morgan fingerprint density at radius 2 is 1.80 bits per heavy atom. The fourth-order valence-corrected chi connectivity index (χ4v) is 3.33. The van der Waals surface area contributed by atoms with Crippen molar-refractivity contribution in [3.63, 3.8) is 0 Å². The van der Waals surface area contributed by atoms with Crippen LogP contribution in [0.3, 0.4) is 0 Å². The zero-order valence-electron chi connectivity index (χ0n) is 13.9. The summed E-state index contributed by atoms with van der Waals surface area (Å²) in [5, 5.41) is 12.0. The molecule has 1 N–H and O–H groups in total. The number of amides is 1. The highest BCUT2D eigenvalue weighted by atomic mass is 127. The lowest BCUT2D eigenvalue weighted by Crippen LogP contribution is -2.14. The molecule has 1 aromatic heterocycles. The minimum Gasteiger partial charge on any atom is -0.325 e. The average molecular weight is 464 g/mol. The third kappa shape index (κ3) is 4.60. The molecule has 0 fully saturated rings. The average Bonchev–Trinajstić information content (AvgIpc) is 2.97. The maximum absolute atomic E-state index is 12.1. The minimum absolute atomic E-state index is 0.0638. The Morgan fingerprint density at radius 3 is 2.48 bits per heavy atom. The maximum Gasteiger partial charge on any atom is 0.234 e. The number of benzene rings is 2. The fraction of sp³-hybridized carbons (Fsp3) is 0.167. The third-order valence-electron chi connectivity index (χ3n) is 3.61. The van der Waals surface area contributed by atoms with Crippen molar-refractivity contribution < 1.29 is 4.79 Å². The van der Waals surface area contributed by atoms with Gasteiger partial charge in [0.15, 0.2) is 11.0 Å². The Labute approximate surface area is 164 Å². The van der Waals surface area contributed by atoms with Gasteiger partial charge in [0.2, 0.25) is 5.91 Å². The minimum atomic E-state index is -0.0638. The summed E-state index contributed by atoms with van der Waals surface area (Å²) < 4.78 is 3.04. The van der Waals surface area contributed by atoms with Crippen molar-refractivity contribution >= 4 is 45.9 Å². The summed E-state index contributed by atoms with van der Waals surface area (Å²) in [6.07, 6.45) is 0. The van der Waals surface area contributed by atoms with Crippen LogP contribution >= 0.6 is 34.4 Å². The van der Waals surface area contributed by atoms with Crippen LogP contribution in [-0.4, -0.2) is 26.4 Å². The van der Waals surface area contributed by atoms with E-state index < -0.39 is 0 Å². The number of aromatic nitrogens is 3. The van der Waals surface area contributed by atoms with Gasteiger partial charge in [0, 0.05) is 21.9 Å². The number of anilines is 1. The van der Waals surface area contributed by atoms with Gasteiger partial charge in [-0.05, 0) is 53.8 Å². The molecule has 3 rings (SSSR count). The molecule has 0 radical (unpaired) electrons. The van der Waals surface area contributed by atoms with Gasteiger partial charge >= 0.3 is 0 Å². The molecular formula is C18H17IN4OS. The van der Waals surface area contributed by atoms with Crippen LogP contribution in [0.2, 0.25) is 0 Å². The van der Waals surface area contributed by atoms with Crippen LogP contribution < -0.4 is 5.32 Å². The molecule has 1 amide bonds. The molecule has 0 aliphatic heterocycles. The van der Waals surface area contributed by atoms with Crippen LogP contribution in [0, 0.1) is 10.5 Å². The maximum atomic E-state index is 12.1. The summed E-state index contributed by atoms with van der Waals surface area (Å²) >= 11 is 3.60. The van der Waals surface area contributed by atoms with E-state index in [-0.39, 0.29) is 11.7 Å². The summed E-state index contributed by atoms with van der Waals surface area (Å²) in [7, 11) is 1.91. The number of thioether (sulfide) groups is 1. The number of hydrogen-bond donors (Lipinski definition) is 1. The van der Waals surface area contributed by atoms with Gasteiger partial charge in [-0.1, -0.05) is 41.6 Å². The van der Waals surface area contributed by atoms with E-state index in [2.05, 4.69) is 38.1 Å². The van der Waals surface area contributed by atoms with Gasteiger partial charge in [-0.25, -0.2) is 0 Å². The van der Waals surface area contributed by atoms with E-state index in [9.17, 15) is 4.79 Å². The number of carbonyl (C=O) groups excluding carboxylic acids is 1. The predicted octanol–water partition coefficient (Wildman–Crippen LogP) is 4.13. The van der Waals surface area contributed by atoms with Gasteiger partial charge in [-0.15, -0.1) is 10.2 Å². The molecule has 2 aromatic carbocycles. The van der Waals surface area contributed by atoms with Gasteiger partial charge in [0.05, 0.1) is 5.75 Å². The summed E-state index contributed by atoms with van der Waals surface area (Å²) in [5.41, 5.74) is 3.01.